The minimum absolute atomic E-state index is 0.656. The summed E-state index contributed by atoms with van der Waals surface area (Å²) < 4.78 is 5.83. The Kier molecular flexibility index (Phi) is 2.73. The van der Waals surface area contributed by atoms with Crippen molar-refractivity contribution in [3.63, 3.8) is 0 Å². The maximum absolute atomic E-state index is 5.16. The van der Waals surface area contributed by atoms with Crippen LogP contribution in [0.1, 0.15) is 10.4 Å². The van der Waals surface area contributed by atoms with Gasteiger partial charge in [0.05, 0.1) is 4.88 Å². The number of thiophene rings is 1. The Morgan fingerprint density at radius 1 is 1.47 bits per heavy atom. The Morgan fingerprint density at radius 2 is 2.40 bits per heavy atom. The van der Waals surface area contributed by atoms with Crippen LogP contribution in [0.15, 0.2) is 10.6 Å². The van der Waals surface area contributed by atoms with Gasteiger partial charge in [-0.05, 0) is 23.8 Å². The van der Waals surface area contributed by atoms with Crippen molar-refractivity contribution in [2.45, 2.75) is 12.2 Å². The lowest BCUT2D eigenvalue weighted by atomic mass is 10.2. The molecule has 0 aliphatic carbocycles. The molecule has 2 aromatic rings. The van der Waals surface area contributed by atoms with E-state index in [1.165, 1.54) is 22.6 Å². The van der Waals surface area contributed by atoms with E-state index < -0.39 is 0 Å². The van der Waals surface area contributed by atoms with Crippen LogP contribution in [0.4, 0.5) is 0 Å². The fraction of sp³-hybridized carbons (Fsp3) is 0.333. The second kappa shape index (κ2) is 4.06. The minimum atomic E-state index is 0.656. The minimum Gasteiger partial charge on any atom is -0.332 e. The van der Waals surface area contributed by atoms with E-state index in [9.17, 15) is 0 Å². The Labute approximate surface area is 109 Å². The molecule has 0 saturated carbocycles. The molecule has 1 aliphatic heterocycles. The largest absolute Gasteiger partial charge is 0.332 e. The summed E-state index contributed by atoms with van der Waals surface area (Å²) in [4.78, 5) is 6.83. The van der Waals surface area contributed by atoms with Crippen molar-refractivity contribution in [3.05, 3.63) is 20.3 Å². The number of nitrogens with zero attached hydrogens (tertiary/aromatic N) is 2. The van der Waals surface area contributed by atoms with E-state index in [-0.39, 0.29) is 0 Å². The molecule has 6 heteroatoms. The molecule has 0 atom stereocenters. The van der Waals surface area contributed by atoms with Gasteiger partial charge in [-0.2, -0.15) is 16.7 Å². The third-order valence-corrected chi connectivity index (χ3v) is 4.91. The van der Waals surface area contributed by atoms with Gasteiger partial charge in [0.1, 0.15) is 0 Å². The van der Waals surface area contributed by atoms with Gasteiger partial charge < -0.3 is 4.52 Å². The summed E-state index contributed by atoms with van der Waals surface area (Å²) >= 11 is 5.84. The smallest absolute Gasteiger partial charge is 0.268 e. The number of rotatable bonds is 1. The molecule has 0 aromatic carbocycles. The van der Waals surface area contributed by atoms with Crippen LogP contribution in [-0.2, 0) is 12.2 Å². The highest BCUT2D eigenvalue weighted by molar-refractivity contribution is 14.1. The molecule has 15 heavy (non-hydrogen) atoms. The van der Waals surface area contributed by atoms with Crippen molar-refractivity contribution in [1.29, 1.82) is 0 Å². The van der Waals surface area contributed by atoms with E-state index in [1.54, 1.807) is 11.3 Å². The third kappa shape index (κ3) is 1.94. The van der Waals surface area contributed by atoms with E-state index in [1.807, 2.05) is 11.8 Å². The molecular weight excluding hydrogens is 343 g/mol. The molecular formula is C9H7IN2OS2. The Hall–Kier alpha value is -0.0800. The lowest BCUT2D eigenvalue weighted by Gasteiger charge is -2.08. The summed E-state index contributed by atoms with van der Waals surface area (Å²) in [6.07, 6.45) is 1.18. The molecule has 2 aromatic heterocycles. The summed E-state index contributed by atoms with van der Waals surface area (Å²) in [5, 5.41) is 3.80. The summed E-state index contributed by atoms with van der Waals surface area (Å²) in [7, 11) is 0. The third-order valence-electron chi connectivity index (χ3n) is 2.24. The zero-order valence-electron chi connectivity index (χ0n) is 7.70. The number of aryl methyl sites for hydroxylation is 1. The lowest BCUT2D eigenvalue weighted by Crippen LogP contribution is -1.96. The van der Waals surface area contributed by atoms with Crippen molar-refractivity contribution < 1.29 is 4.52 Å². The summed E-state index contributed by atoms with van der Waals surface area (Å²) in [6, 6.07) is 2.19. The van der Waals surface area contributed by atoms with Crippen molar-refractivity contribution in [2.24, 2.45) is 0 Å². The molecule has 0 spiro atoms. The molecule has 0 amide bonds. The van der Waals surface area contributed by atoms with E-state index in [0.29, 0.717) is 9.72 Å². The maximum Gasteiger partial charge on any atom is 0.268 e. The van der Waals surface area contributed by atoms with Gasteiger partial charge in [-0.3, -0.25) is 0 Å². The molecule has 0 fully saturated rings. The molecule has 3 rings (SSSR count). The number of thioether (sulfide) groups is 1. The van der Waals surface area contributed by atoms with Crippen molar-refractivity contribution in [1.82, 2.24) is 10.1 Å². The van der Waals surface area contributed by atoms with Crippen LogP contribution >= 0.6 is 45.7 Å². The van der Waals surface area contributed by atoms with Crippen LogP contribution in [0.3, 0.4) is 0 Å². The van der Waals surface area contributed by atoms with E-state index in [4.69, 9.17) is 4.52 Å². The molecule has 3 nitrogen and oxygen atoms in total. The Balaban J connectivity index is 2.02. The highest BCUT2D eigenvalue weighted by atomic mass is 127. The average molecular weight is 350 g/mol. The van der Waals surface area contributed by atoms with Gasteiger partial charge in [-0.25, -0.2) is 0 Å². The average Bonchev–Trinajstić information content (AvgIpc) is 2.82. The molecule has 78 valence electrons. The lowest BCUT2D eigenvalue weighted by molar-refractivity contribution is 0.426. The first kappa shape index (κ1) is 10.1. The van der Waals surface area contributed by atoms with Gasteiger partial charge in [0.15, 0.2) is 0 Å². The van der Waals surface area contributed by atoms with E-state index >= 15 is 0 Å². The standard InChI is InChI=1S/C9H7IN2OS2/c10-9-11-8(13-12-9)7-3-5-4-14-2-1-6(5)15-7/h3H,1-2,4H2. The second-order valence-corrected chi connectivity index (χ2v) is 6.44. The first-order chi connectivity index (χ1) is 7.33. The van der Waals surface area contributed by atoms with Crippen molar-refractivity contribution in [3.8, 4) is 10.8 Å². The fourth-order valence-electron chi connectivity index (χ4n) is 1.56. The van der Waals surface area contributed by atoms with Gasteiger partial charge in [0.25, 0.3) is 5.89 Å². The number of hydrogen-bond acceptors (Lipinski definition) is 5. The predicted octanol–water partition coefficient (Wildman–Crippen LogP) is 3.19. The Bertz CT molecular complexity index is 471. The molecule has 0 unspecified atom stereocenters. The topological polar surface area (TPSA) is 38.9 Å². The van der Waals surface area contributed by atoms with Crippen LogP contribution in [-0.4, -0.2) is 15.9 Å². The molecule has 1 aliphatic rings. The number of halogens is 1. The summed E-state index contributed by atoms with van der Waals surface area (Å²) in [5.74, 6) is 3.01. The molecule has 0 N–H and O–H groups in total. The monoisotopic (exact) mass is 350 g/mol. The highest BCUT2D eigenvalue weighted by Gasteiger charge is 2.17. The van der Waals surface area contributed by atoms with Crippen molar-refractivity contribution in [2.75, 3.05) is 5.75 Å². The molecule has 3 heterocycles. The van der Waals surface area contributed by atoms with E-state index in [0.717, 1.165) is 10.6 Å². The summed E-state index contributed by atoms with van der Waals surface area (Å²) in [6.45, 7) is 0. The first-order valence-electron chi connectivity index (χ1n) is 4.52. The van der Waals surface area contributed by atoms with Crippen molar-refractivity contribution >= 4 is 45.7 Å². The van der Waals surface area contributed by atoms with Gasteiger partial charge in [0.2, 0.25) is 3.83 Å². The van der Waals surface area contributed by atoms with Crippen LogP contribution in [0, 0.1) is 3.83 Å². The summed E-state index contributed by atoms with van der Waals surface area (Å²) in [5.41, 5.74) is 1.44. The van der Waals surface area contributed by atoms with Crippen LogP contribution in [0.25, 0.3) is 10.8 Å². The van der Waals surface area contributed by atoms with Gasteiger partial charge in [-0.15, -0.1) is 11.3 Å². The Morgan fingerprint density at radius 3 is 3.13 bits per heavy atom. The van der Waals surface area contributed by atoms with Crippen LogP contribution < -0.4 is 0 Å². The second-order valence-electron chi connectivity index (χ2n) is 3.23. The van der Waals surface area contributed by atoms with Gasteiger partial charge in [-0.1, -0.05) is 5.16 Å². The van der Waals surface area contributed by atoms with E-state index in [2.05, 4.69) is 38.8 Å². The zero-order chi connectivity index (χ0) is 10.3. The fourth-order valence-corrected chi connectivity index (χ4v) is 4.17. The number of hydrogen-bond donors (Lipinski definition) is 0. The quantitative estimate of drug-likeness (QED) is 0.741. The van der Waals surface area contributed by atoms with Crippen LogP contribution in [0.2, 0.25) is 0 Å². The van der Waals surface area contributed by atoms with Gasteiger partial charge >= 0.3 is 0 Å². The van der Waals surface area contributed by atoms with Crippen LogP contribution in [0.5, 0.6) is 0 Å². The molecule has 0 bridgehead atoms. The zero-order valence-corrected chi connectivity index (χ0v) is 11.5. The number of aromatic nitrogens is 2. The number of fused-ring (bicyclic) bond motifs is 1. The molecule has 0 saturated heterocycles. The highest BCUT2D eigenvalue weighted by Crippen LogP contribution is 2.36. The normalized spacial score (nSPS) is 15.3. The first-order valence-corrected chi connectivity index (χ1v) is 7.57. The predicted molar refractivity (Wildman–Crippen MR) is 70.2 cm³/mol. The SMILES string of the molecule is Ic1noc(-c2cc3c(s2)CCSC3)n1. The maximum atomic E-state index is 5.16. The van der Waals surface area contributed by atoms with Gasteiger partial charge in [0, 0.05) is 33.2 Å². The molecule has 0 radical (unpaired) electrons.